The minimum Gasteiger partial charge on any atom is -0.368 e. The van der Waals surface area contributed by atoms with Crippen molar-refractivity contribution >= 4 is 40.8 Å². The fraction of sp³-hybridized carbons (Fsp3) is 0.333. The van der Waals surface area contributed by atoms with Crippen molar-refractivity contribution in [2.24, 2.45) is 0 Å². The number of nitrogens with two attached hydrogens (primary N) is 1. The van der Waals surface area contributed by atoms with Gasteiger partial charge in [-0.1, -0.05) is 6.07 Å². The molecule has 210 valence electrons. The molecule has 1 fully saturated rings. The van der Waals surface area contributed by atoms with E-state index in [0.29, 0.717) is 48.9 Å². The van der Waals surface area contributed by atoms with Crippen LogP contribution in [0.15, 0.2) is 42.6 Å². The molecule has 2 aliphatic rings. The summed E-state index contributed by atoms with van der Waals surface area (Å²) in [6.45, 7) is 4.22. The topological polar surface area (TPSA) is 111 Å². The number of nitrogen functional groups attached to an aromatic ring is 1. The Morgan fingerprint density at radius 1 is 1.02 bits per heavy atom. The van der Waals surface area contributed by atoms with Crippen LogP contribution in [0.3, 0.4) is 0 Å². The van der Waals surface area contributed by atoms with Crippen LogP contribution in [0.5, 0.6) is 0 Å². The second-order valence-electron chi connectivity index (χ2n) is 9.98. The Balaban J connectivity index is 1.40. The standard InChI is InChI=1S/C27H29F3N8O2/c1-16-4-6-19(13-22(16)38-15-18-14-32-25(31)34-23(18)36(3)26(38)40)33-24(39)17-5-7-21(20(12-17)27(28,29)30)37-10-8-35(2)9-11-37/h4-7,12-14H,8-11,15H2,1-3H3,(H,33,39)(H2,31,32,34). The summed E-state index contributed by atoms with van der Waals surface area (Å²) in [5.41, 5.74) is 7.07. The Hall–Kier alpha value is -4.39. The second-order valence-corrected chi connectivity index (χ2v) is 9.98. The lowest BCUT2D eigenvalue weighted by Gasteiger charge is -2.35. The van der Waals surface area contributed by atoms with Crippen LogP contribution in [0.1, 0.15) is 27.0 Å². The lowest BCUT2D eigenvalue weighted by atomic mass is 10.1. The minimum atomic E-state index is -4.63. The van der Waals surface area contributed by atoms with Gasteiger partial charge in [-0.3, -0.25) is 14.6 Å². The van der Waals surface area contributed by atoms with Crippen LogP contribution in [0.2, 0.25) is 0 Å². The number of benzene rings is 2. The smallest absolute Gasteiger partial charge is 0.368 e. The molecule has 10 nitrogen and oxygen atoms in total. The Labute approximate surface area is 229 Å². The molecule has 0 radical (unpaired) electrons. The highest BCUT2D eigenvalue weighted by Crippen LogP contribution is 2.38. The van der Waals surface area contributed by atoms with Gasteiger partial charge in [0.05, 0.1) is 17.8 Å². The first-order valence-corrected chi connectivity index (χ1v) is 12.7. The molecule has 2 aromatic carbocycles. The van der Waals surface area contributed by atoms with Crippen LogP contribution in [-0.2, 0) is 12.7 Å². The molecule has 5 rings (SSSR count). The van der Waals surface area contributed by atoms with Gasteiger partial charge in [0.15, 0.2) is 0 Å². The Morgan fingerprint density at radius 2 is 1.75 bits per heavy atom. The summed E-state index contributed by atoms with van der Waals surface area (Å²) in [7, 11) is 3.50. The number of rotatable bonds is 4. The number of nitrogens with one attached hydrogen (secondary N) is 1. The third-order valence-corrected chi connectivity index (χ3v) is 7.19. The zero-order valence-electron chi connectivity index (χ0n) is 22.3. The molecule has 40 heavy (non-hydrogen) atoms. The van der Waals surface area contributed by atoms with E-state index in [1.165, 1.54) is 21.9 Å². The minimum absolute atomic E-state index is 0.0537. The molecule has 0 aliphatic carbocycles. The number of aryl methyl sites for hydroxylation is 1. The predicted octanol–water partition coefficient (Wildman–Crippen LogP) is 3.97. The molecule has 2 aliphatic heterocycles. The number of carbonyl (C=O) groups is 2. The number of piperazine rings is 1. The summed E-state index contributed by atoms with van der Waals surface area (Å²) in [4.78, 5) is 41.1. The van der Waals surface area contributed by atoms with Crippen LogP contribution >= 0.6 is 0 Å². The van der Waals surface area contributed by atoms with E-state index in [-0.39, 0.29) is 29.8 Å². The number of anilines is 5. The second kappa shape index (κ2) is 10.3. The molecule has 1 aromatic heterocycles. The van der Waals surface area contributed by atoms with E-state index in [9.17, 15) is 22.8 Å². The summed E-state index contributed by atoms with van der Waals surface area (Å²) in [5.74, 6) is -0.226. The maximum atomic E-state index is 14.0. The average molecular weight is 555 g/mol. The molecule has 3 heterocycles. The third kappa shape index (κ3) is 5.24. The van der Waals surface area contributed by atoms with Crippen LogP contribution < -0.4 is 25.8 Å². The third-order valence-electron chi connectivity index (χ3n) is 7.19. The normalized spacial score (nSPS) is 16.2. The van der Waals surface area contributed by atoms with Gasteiger partial charge < -0.3 is 20.9 Å². The number of urea groups is 1. The zero-order chi connectivity index (χ0) is 28.8. The highest BCUT2D eigenvalue weighted by molar-refractivity contribution is 6.07. The van der Waals surface area contributed by atoms with Crippen molar-refractivity contribution in [2.45, 2.75) is 19.6 Å². The fourth-order valence-corrected chi connectivity index (χ4v) is 4.92. The van der Waals surface area contributed by atoms with Crippen molar-refractivity contribution in [3.63, 3.8) is 0 Å². The largest absolute Gasteiger partial charge is 0.418 e. The maximum Gasteiger partial charge on any atom is 0.418 e. The highest BCUT2D eigenvalue weighted by Gasteiger charge is 2.36. The zero-order valence-corrected chi connectivity index (χ0v) is 22.3. The Kier molecular flexibility index (Phi) is 7.00. The van der Waals surface area contributed by atoms with Crippen molar-refractivity contribution in [2.75, 3.05) is 66.0 Å². The van der Waals surface area contributed by atoms with E-state index >= 15 is 0 Å². The van der Waals surface area contributed by atoms with E-state index in [0.717, 1.165) is 11.6 Å². The number of hydrogen-bond donors (Lipinski definition) is 2. The molecule has 3 aromatic rings. The summed E-state index contributed by atoms with van der Waals surface area (Å²) in [6.07, 6.45) is -3.07. The fourth-order valence-electron chi connectivity index (χ4n) is 4.92. The molecule has 3 N–H and O–H groups in total. The number of hydrogen-bond acceptors (Lipinski definition) is 7. The van der Waals surface area contributed by atoms with Crippen molar-refractivity contribution in [1.29, 1.82) is 0 Å². The molecular weight excluding hydrogens is 525 g/mol. The molecular formula is C27H29F3N8O2. The van der Waals surface area contributed by atoms with Gasteiger partial charge in [0.2, 0.25) is 5.95 Å². The van der Waals surface area contributed by atoms with Gasteiger partial charge in [-0.15, -0.1) is 0 Å². The quantitative estimate of drug-likeness (QED) is 0.502. The molecule has 0 atom stereocenters. The number of aromatic nitrogens is 2. The number of alkyl halides is 3. The average Bonchev–Trinajstić information content (AvgIpc) is 2.92. The van der Waals surface area contributed by atoms with E-state index in [1.807, 2.05) is 14.0 Å². The number of likely N-dealkylation sites (N-methyl/N-ethyl adjacent to an activating group) is 1. The number of nitrogens with zero attached hydrogens (tertiary/aromatic N) is 6. The van der Waals surface area contributed by atoms with Gasteiger partial charge in [0.1, 0.15) is 5.82 Å². The first-order valence-electron chi connectivity index (χ1n) is 12.7. The van der Waals surface area contributed by atoms with E-state index in [4.69, 9.17) is 5.73 Å². The molecule has 1 saturated heterocycles. The number of amides is 3. The van der Waals surface area contributed by atoms with Gasteiger partial charge in [-0.05, 0) is 49.9 Å². The molecule has 0 bridgehead atoms. The van der Waals surface area contributed by atoms with Crippen molar-refractivity contribution in [3.8, 4) is 0 Å². The molecule has 3 amide bonds. The monoisotopic (exact) mass is 554 g/mol. The summed E-state index contributed by atoms with van der Waals surface area (Å²) in [6, 6.07) is 8.28. The molecule has 0 unspecified atom stereocenters. The predicted molar refractivity (Wildman–Crippen MR) is 147 cm³/mol. The SMILES string of the molecule is Cc1ccc(NC(=O)c2ccc(N3CCN(C)CC3)c(C(F)(F)F)c2)cc1N1Cc2cnc(N)nc2N(C)C1=O. The first-order chi connectivity index (χ1) is 18.9. The van der Waals surface area contributed by atoms with Crippen LogP contribution in [0.25, 0.3) is 0 Å². The molecule has 0 saturated carbocycles. The maximum absolute atomic E-state index is 14.0. The van der Waals surface area contributed by atoms with Crippen molar-refractivity contribution in [1.82, 2.24) is 14.9 Å². The lowest BCUT2D eigenvalue weighted by molar-refractivity contribution is -0.137. The van der Waals surface area contributed by atoms with Gasteiger partial charge in [-0.25, -0.2) is 9.78 Å². The van der Waals surface area contributed by atoms with E-state index in [1.54, 1.807) is 36.3 Å². The lowest BCUT2D eigenvalue weighted by Crippen LogP contribution is -2.46. The summed E-state index contributed by atoms with van der Waals surface area (Å²) >= 11 is 0. The first kappa shape index (κ1) is 27.2. The summed E-state index contributed by atoms with van der Waals surface area (Å²) < 4.78 is 42.1. The van der Waals surface area contributed by atoms with Gasteiger partial charge >= 0.3 is 12.2 Å². The Morgan fingerprint density at radius 3 is 2.45 bits per heavy atom. The highest BCUT2D eigenvalue weighted by atomic mass is 19.4. The van der Waals surface area contributed by atoms with E-state index in [2.05, 4.69) is 20.2 Å². The number of fused-ring (bicyclic) bond motifs is 1. The van der Waals surface area contributed by atoms with Gasteiger partial charge in [0, 0.05) is 61.9 Å². The number of carbonyl (C=O) groups excluding carboxylic acids is 2. The van der Waals surface area contributed by atoms with E-state index < -0.39 is 17.6 Å². The van der Waals surface area contributed by atoms with Crippen LogP contribution in [-0.4, -0.2) is 67.1 Å². The van der Waals surface area contributed by atoms with Crippen molar-refractivity contribution in [3.05, 3.63) is 64.8 Å². The molecule has 0 spiro atoms. The van der Waals surface area contributed by atoms with Crippen LogP contribution in [0, 0.1) is 6.92 Å². The Bertz CT molecular complexity index is 1470. The van der Waals surface area contributed by atoms with Crippen LogP contribution in [0.4, 0.5) is 46.8 Å². The number of halogens is 3. The van der Waals surface area contributed by atoms with Gasteiger partial charge in [-0.2, -0.15) is 18.2 Å². The summed E-state index contributed by atoms with van der Waals surface area (Å²) in [5, 5.41) is 2.68. The van der Waals surface area contributed by atoms with Crippen molar-refractivity contribution < 1.29 is 22.8 Å². The van der Waals surface area contributed by atoms with Gasteiger partial charge in [0.25, 0.3) is 5.91 Å². The molecule has 13 heteroatoms.